The van der Waals surface area contributed by atoms with Crippen molar-refractivity contribution in [2.75, 3.05) is 5.75 Å². The molecule has 35 heavy (non-hydrogen) atoms. The fourth-order valence-electron chi connectivity index (χ4n) is 4.05. The minimum absolute atomic E-state index is 0.0295. The molecule has 0 radical (unpaired) electrons. The predicted molar refractivity (Wildman–Crippen MR) is 140 cm³/mol. The molecule has 2 aromatic carbocycles. The van der Waals surface area contributed by atoms with E-state index >= 15 is 0 Å². The summed E-state index contributed by atoms with van der Waals surface area (Å²) in [7, 11) is 0. The third-order valence-corrected chi connectivity index (χ3v) is 8.14. The zero-order chi connectivity index (χ0) is 24.4. The molecule has 6 nitrogen and oxygen atoms in total. The number of nitrogens with zero attached hydrogens (tertiary/aromatic N) is 3. The smallest absolute Gasteiger partial charge is 0.267 e. The Hall–Kier alpha value is -3.01. The molecule has 1 aliphatic rings. The number of hydrogen-bond donors (Lipinski definition) is 1. The van der Waals surface area contributed by atoms with Gasteiger partial charge in [-0.2, -0.15) is 5.10 Å². The molecule has 1 aliphatic carbocycles. The van der Waals surface area contributed by atoms with Gasteiger partial charge in [0.1, 0.15) is 10.6 Å². The number of rotatable bonds is 6. The Morgan fingerprint density at radius 3 is 2.80 bits per heavy atom. The first-order valence-electron chi connectivity index (χ1n) is 11.0. The van der Waals surface area contributed by atoms with Gasteiger partial charge in [-0.25, -0.2) is 14.8 Å². The van der Waals surface area contributed by atoms with Crippen LogP contribution in [0.15, 0.2) is 63.6 Å². The second-order valence-electron chi connectivity index (χ2n) is 7.98. The van der Waals surface area contributed by atoms with Crippen LogP contribution in [-0.2, 0) is 17.6 Å². The first-order chi connectivity index (χ1) is 17.0. The van der Waals surface area contributed by atoms with Gasteiger partial charge < -0.3 is 0 Å². The number of benzene rings is 2. The number of carbonyl (C=O) groups is 1. The molecular formula is C25H20ClFN4O2S2. The SMILES string of the molecule is O=C(CSc1nc2sc3c(c2c(=O)n1-c1ccccc1)CCCC3)N/N=C\c1c(F)cccc1Cl. The van der Waals surface area contributed by atoms with Crippen LogP contribution >= 0.6 is 34.7 Å². The van der Waals surface area contributed by atoms with Crippen LogP contribution in [0.2, 0.25) is 5.02 Å². The van der Waals surface area contributed by atoms with Crippen molar-refractivity contribution >= 4 is 57.0 Å². The van der Waals surface area contributed by atoms with Crippen molar-refractivity contribution in [2.24, 2.45) is 5.10 Å². The van der Waals surface area contributed by atoms with Crippen molar-refractivity contribution in [2.45, 2.75) is 30.8 Å². The van der Waals surface area contributed by atoms with E-state index in [0.29, 0.717) is 21.1 Å². The Labute approximate surface area is 213 Å². The molecule has 0 atom stereocenters. The molecule has 0 fully saturated rings. The van der Waals surface area contributed by atoms with E-state index in [1.165, 1.54) is 29.3 Å². The number of thiophene rings is 1. The fourth-order valence-corrected chi connectivity index (χ4v) is 6.37. The van der Waals surface area contributed by atoms with Crippen LogP contribution in [0.5, 0.6) is 0 Å². The summed E-state index contributed by atoms with van der Waals surface area (Å²) >= 11 is 8.69. The first-order valence-corrected chi connectivity index (χ1v) is 13.2. The maximum Gasteiger partial charge on any atom is 0.267 e. The summed E-state index contributed by atoms with van der Waals surface area (Å²) in [6.07, 6.45) is 5.21. The number of fused-ring (bicyclic) bond motifs is 3. The number of halogens is 2. The molecular weight excluding hydrogens is 507 g/mol. The van der Waals surface area contributed by atoms with Crippen LogP contribution < -0.4 is 11.0 Å². The van der Waals surface area contributed by atoms with Crippen LogP contribution in [0.4, 0.5) is 4.39 Å². The Morgan fingerprint density at radius 2 is 2.00 bits per heavy atom. The van der Waals surface area contributed by atoms with E-state index in [1.54, 1.807) is 15.9 Å². The van der Waals surface area contributed by atoms with Gasteiger partial charge in [0.05, 0.1) is 28.1 Å². The lowest BCUT2D eigenvalue weighted by Gasteiger charge is -2.13. The lowest BCUT2D eigenvalue weighted by Crippen LogP contribution is -2.24. The zero-order valence-corrected chi connectivity index (χ0v) is 20.9. The van der Waals surface area contributed by atoms with Gasteiger partial charge in [0.15, 0.2) is 5.16 Å². The molecule has 5 rings (SSSR count). The van der Waals surface area contributed by atoms with Crippen LogP contribution in [0.1, 0.15) is 28.8 Å². The predicted octanol–water partition coefficient (Wildman–Crippen LogP) is 5.36. The average molecular weight is 527 g/mol. The van der Waals surface area contributed by atoms with E-state index in [2.05, 4.69) is 10.5 Å². The summed E-state index contributed by atoms with van der Waals surface area (Å²) in [5, 5.41) is 5.14. The van der Waals surface area contributed by atoms with E-state index in [0.717, 1.165) is 43.0 Å². The highest BCUT2D eigenvalue weighted by Gasteiger charge is 2.23. The van der Waals surface area contributed by atoms with Crippen LogP contribution in [0.25, 0.3) is 15.9 Å². The largest absolute Gasteiger partial charge is 0.272 e. The molecule has 0 unspecified atom stereocenters. The first kappa shape index (κ1) is 23.7. The molecule has 0 aliphatic heterocycles. The van der Waals surface area contributed by atoms with Crippen LogP contribution in [0, 0.1) is 5.82 Å². The van der Waals surface area contributed by atoms with E-state index in [-0.39, 0.29) is 21.9 Å². The molecule has 10 heteroatoms. The van der Waals surface area contributed by atoms with Crippen molar-refractivity contribution in [3.8, 4) is 5.69 Å². The molecule has 4 aromatic rings. The number of aryl methyl sites for hydroxylation is 2. The number of carbonyl (C=O) groups excluding carboxylic acids is 1. The third kappa shape index (κ3) is 4.89. The number of amides is 1. The average Bonchev–Trinajstić information content (AvgIpc) is 3.24. The molecule has 0 saturated heterocycles. The Kier molecular flexibility index (Phi) is 6.99. The Morgan fingerprint density at radius 1 is 1.20 bits per heavy atom. The monoisotopic (exact) mass is 526 g/mol. The maximum absolute atomic E-state index is 13.9. The molecule has 0 saturated carbocycles. The molecule has 0 bridgehead atoms. The van der Waals surface area contributed by atoms with Crippen molar-refractivity contribution in [3.05, 3.63) is 85.7 Å². The van der Waals surface area contributed by atoms with Gasteiger partial charge in [0.25, 0.3) is 11.5 Å². The highest BCUT2D eigenvalue weighted by atomic mass is 35.5. The van der Waals surface area contributed by atoms with E-state index in [1.807, 2.05) is 30.3 Å². The summed E-state index contributed by atoms with van der Waals surface area (Å²) in [5.74, 6) is -0.982. The van der Waals surface area contributed by atoms with Gasteiger partial charge in [0.2, 0.25) is 0 Å². The summed E-state index contributed by atoms with van der Waals surface area (Å²) in [5.41, 5.74) is 4.17. The van der Waals surface area contributed by atoms with Gasteiger partial charge in [0, 0.05) is 10.4 Å². The van der Waals surface area contributed by atoms with Gasteiger partial charge in [-0.05, 0) is 55.5 Å². The van der Waals surface area contributed by atoms with E-state index in [9.17, 15) is 14.0 Å². The number of hydrogen-bond acceptors (Lipinski definition) is 6. The van der Waals surface area contributed by atoms with Gasteiger partial charge in [-0.1, -0.05) is 47.6 Å². The summed E-state index contributed by atoms with van der Waals surface area (Å²) in [4.78, 5) is 32.9. The Bertz CT molecular complexity index is 1480. The molecule has 0 spiro atoms. The molecule has 1 N–H and O–H groups in total. The molecule has 1 amide bonds. The second-order valence-corrected chi connectivity index (χ2v) is 10.4. The fraction of sp³-hybridized carbons (Fsp3) is 0.200. The van der Waals surface area contributed by atoms with Crippen molar-refractivity contribution < 1.29 is 9.18 Å². The molecule has 178 valence electrons. The summed E-state index contributed by atoms with van der Waals surface area (Å²) < 4.78 is 15.4. The highest BCUT2D eigenvalue weighted by molar-refractivity contribution is 7.99. The van der Waals surface area contributed by atoms with Crippen LogP contribution in [-0.4, -0.2) is 27.4 Å². The number of thioether (sulfide) groups is 1. The van der Waals surface area contributed by atoms with Crippen molar-refractivity contribution in [1.29, 1.82) is 0 Å². The third-order valence-electron chi connectivity index (χ3n) is 5.69. The number of hydrazone groups is 1. The van der Waals surface area contributed by atoms with Gasteiger partial charge in [-0.3, -0.25) is 14.2 Å². The van der Waals surface area contributed by atoms with Crippen LogP contribution in [0.3, 0.4) is 0 Å². The number of nitrogens with one attached hydrogen (secondary N) is 1. The Balaban J connectivity index is 1.42. The summed E-state index contributed by atoms with van der Waals surface area (Å²) in [6, 6.07) is 13.6. The minimum Gasteiger partial charge on any atom is -0.272 e. The number of para-hydroxylation sites is 1. The minimum atomic E-state index is -0.534. The zero-order valence-electron chi connectivity index (χ0n) is 18.5. The normalized spacial score (nSPS) is 13.3. The van der Waals surface area contributed by atoms with E-state index in [4.69, 9.17) is 16.6 Å². The second kappa shape index (κ2) is 10.3. The highest BCUT2D eigenvalue weighted by Crippen LogP contribution is 2.35. The summed E-state index contributed by atoms with van der Waals surface area (Å²) in [6.45, 7) is 0. The quantitative estimate of drug-likeness (QED) is 0.159. The van der Waals surface area contributed by atoms with E-state index < -0.39 is 11.7 Å². The maximum atomic E-state index is 13.9. The lowest BCUT2D eigenvalue weighted by molar-refractivity contribution is -0.118. The van der Waals surface area contributed by atoms with Crippen molar-refractivity contribution in [3.63, 3.8) is 0 Å². The standard InChI is InChI=1S/C25H20ClFN4O2S2/c26-18-10-6-11-19(27)17(18)13-28-30-21(32)14-34-25-29-23-22(16-9-4-5-12-20(16)35-23)24(33)31(25)15-7-2-1-3-8-15/h1-3,6-8,10-11,13H,4-5,9,12,14H2,(H,30,32)/b28-13-. The van der Waals surface area contributed by atoms with Gasteiger partial charge >= 0.3 is 0 Å². The molecule has 2 aromatic heterocycles. The lowest BCUT2D eigenvalue weighted by atomic mass is 9.97. The van der Waals surface area contributed by atoms with Gasteiger partial charge in [-0.15, -0.1) is 11.3 Å². The number of aromatic nitrogens is 2. The topological polar surface area (TPSA) is 76.3 Å². The van der Waals surface area contributed by atoms with Crippen molar-refractivity contribution in [1.82, 2.24) is 15.0 Å². The molecule has 2 heterocycles.